The molecule has 0 saturated carbocycles. The van der Waals surface area contributed by atoms with Crippen molar-refractivity contribution in [1.29, 1.82) is 0 Å². The number of nitrogens with one attached hydrogen (secondary N) is 1. The van der Waals surface area contributed by atoms with Crippen LogP contribution in [0.1, 0.15) is 28.9 Å². The van der Waals surface area contributed by atoms with Crippen LogP contribution in [0.2, 0.25) is 5.02 Å². The topological polar surface area (TPSA) is 129 Å². The van der Waals surface area contributed by atoms with Gasteiger partial charge in [0.25, 0.3) is 11.5 Å². The van der Waals surface area contributed by atoms with Gasteiger partial charge in [0.1, 0.15) is 5.56 Å². The fraction of sp³-hybridized carbons (Fsp3) is 0.233. The molecule has 0 atom stereocenters. The van der Waals surface area contributed by atoms with Crippen LogP contribution >= 0.6 is 11.6 Å². The minimum Gasteiger partial charge on any atom is -0.381 e. The fourth-order valence-corrected chi connectivity index (χ4v) is 5.56. The number of halogens is 1. The highest BCUT2D eigenvalue weighted by atomic mass is 35.5. The molecule has 3 N–H and O–H groups in total. The summed E-state index contributed by atoms with van der Waals surface area (Å²) in [5, 5.41) is 7.80. The van der Waals surface area contributed by atoms with Gasteiger partial charge in [-0.15, -0.1) is 0 Å². The van der Waals surface area contributed by atoms with E-state index in [2.05, 4.69) is 20.3 Å². The molecule has 3 aromatic heterocycles. The van der Waals surface area contributed by atoms with Crippen LogP contribution in [0.25, 0.3) is 22.6 Å². The van der Waals surface area contributed by atoms with Gasteiger partial charge in [-0.25, -0.2) is 19.3 Å². The number of rotatable bonds is 6. The second-order valence-electron chi connectivity index (χ2n) is 10.3. The van der Waals surface area contributed by atoms with Crippen molar-refractivity contribution in [3.8, 4) is 22.6 Å². The number of aromatic nitrogens is 6. The number of carbonyl (C=O) groups excluding carboxylic acids is 1. The van der Waals surface area contributed by atoms with Crippen LogP contribution in [-0.2, 0) is 7.05 Å². The predicted molar refractivity (Wildman–Crippen MR) is 162 cm³/mol. The summed E-state index contributed by atoms with van der Waals surface area (Å²) in [7, 11) is 1.74. The predicted octanol–water partition coefficient (Wildman–Crippen LogP) is 3.76. The number of hydrogen-bond acceptors (Lipinski definition) is 7. The molecule has 6 rings (SSSR count). The highest BCUT2D eigenvalue weighted by Gasteiger charge is 2.28. The van der Waals surface area contributed by atoms with Gasteiger partial charge in [0.05, 0.1) is 34.0 Å². The molecule has 0 bridgehead atoms. The number of anilines is 2. The zero-order valence-electron chi connectivity index (χ0n) is 23.2. The van der Waals surface area contributed by atoms with Crippen LogP contribution in [0, 0.1) is 6.92 Å². The van der Waals surface area contributed by atoms with Crippen LogP contribution < -0.4 is 21.5 Å². The second kappa shape index (κ2) is 11.2. The van der Waals surface area contributed by atoms with Crippen LogP contribution in [-0.4, -0.2) is 54.2 Å². The van der Waals surface area contributed by atoms with Gasteiger partial charge >= 0.3 is 0 Å². The Hall–Kier alpha value is -4.90. The van der Waals surface area contributed by atoms with Crippen LogP contribution in [0.15, 0.2) is 78.0 Å². The molecule has 1 aliphatic rings. The van der Waals surface area contributed by atoms with E-state index in [0.717, 1.165) is 11.3 Å². The monoisotopic (exact) mass is 583 g/mol. The molecule has 214 valence electrons. The number of nitrogen functional groups attached to an aromatic ring is 1. The van der Waals surface area contributed by atoms with E-state index in [1.165, 1.54) is 4.68 Å². The number of benzene rings is 2. The van der Waals surface area contributed by atoms with E-state index in [4.69, 9.17) is 22.3 Å². The van der Waals surface area contributed by atoms with Gasteiger partial charge in [-0.3, -0.25) is 14.3 Å². The van der Waals surface area contributed by atoms with Gasteiger partial charge in [-0.05, 0) is 50.1 Å². The van der Waals surface area contributed by atoms with Crippen molar-refractivity contribution in [3.63, 3.8) is 0 Å². The van der Waals surface area contributed by atoms with Crippen LogP contribution in [0.5, 0.6) is 0 Å². The van der Waals surface area contributed by atoms with Crippen molar-refractivity contribution in [3.05, 3.63) is 99.8 Å². The maximum Gasteiger partial charge on any atom is 0.284 e. The summed E-state index contributed by atoms with van der Waals surface area (Å²) in [6.07, 6.45) is 6.62. The fourth-order valence-electron chi connectivity index (χ4n) is 5.35. The van der Waals surface area contributed by atoms with E-state index in [-0.39, 0.29) is 11.6 Å². The van der Waals surface area contributed by atoms with E-state index >= 15 is 0 Å². The van der Waals surface area contributed by atoms with Gasteiger partial charge in [0.2, 0.25) is 0 Å². The maximum absolute atomic E-state index is 13.3. The van der Waals surface area contributed by atoms with Gasteiger partial charge in [-0.1, -0.05) is 35.9 Å². The molecule has 0 aliphatic carbocycles. The number of piperidine rings is 1. The Balaban J connectivity index is 1.16. The van der Waals surface area contributed by atoms with Crippen LogP contribution in [0.4, 0.5) is 11.6 Å². The first-order chi connectivity index (χ1) is 20.3. The molecule has 12 heteroatoms. The summed E-state index contributed by atoms with van der Waals surface area (Å²) in [6.45, 7) is 3.00. The van der Waals surface area contributed by atoms with Gasteiger partial charge in [0.15, 0.2) is 11.6 Å². The quantitative estimate of drug-likeness (QED) is 0.311. The normalized spacial score (nSPS) is 13.8. The van der Waals surface area contributed by atoms with Crippen molar-refractivity contribution in [2.75, 3.05) is 23.7 Å². The van der Waals surface area contributed by atoms with Gasteiger partial charge in [-0.2, -0.15) is 5.10 Å². The highest BCUT2D eigenvalue weighted by molar-refractivity contribution is 6.32. The minimum atomic E-state index is -0.408. The smallest absolute Gasteiger partial charge is 0.284 e. The molecule has 0 radical (unpaired) electrons. The Kier molecular flexibility index (Phi) is 7.26. The van der Waals surface area contributed by atoms with E-state index in [0.29, 0.717) is 59.7 Å². The SMILES string of the molecule is Cc1c(C(=O)NC2CCN(c3nc(-c4cccc(-n5cccn5)c4)cnc3N)CC2)c(=O)n(-c2ccccc2Cl)n1C. The molecule has 42 heavy (non-hydrogen) atoms. The Bertz CT molecular complexity index is 1820. The molecule has 0 unspecified atom stereocenters. The third kappa shape index (κ3) is 5.03. The lowest BCUT2D eigenvalue weighted by Gasteiger charge is -2.33. The first-order valence-electron chi connectivity index (χ1n) is 13.6. The molecule has 4 heterocycles. The van der Waals surface area contributed by atoms with Crippen LogP contribution in [0.3, 0.4) is 0 Å². The summed E-state index contributed by atoms with van der Waals surface area (Å²) < 4.78 is 4.87. The van der Waals surface area contributed by atoms with Crippen molar-refractivity contribution < 1.29 is 4.79 Å². The molecule has 1 amide bonds. The lowest BCUT2D eigenvalue weighted by molar-refractivity contribution is 0.0929. The van der Waals surface area contributed by atoms with Crippen molar-refractivity contribution >= 4 is 29.1 Å². The van der Waals surface area contributed by atoms with Crippen molar-refractivity contribution in [2.45, 2.75) is 25.8 Å². The zero-order valence-corrected chi connectivity index (χ0v) is 24.0. The average Bonchev–Trinajstić information content (AvgIpc) is 3.61. The Labute approximate surface area is 247 Å². The number of para-hydroxylation sites is 1. The summed E-state index contributed by atoms with van der Waals surface area (Å²) >= 11 is 6.35. The van der Waals surface area contributed by atoms with E-state index in [1.807, 2.05) is 36.5 Å². The van der Waals surface area contributed by atoms with Gasteiger partial charge < -0.3 is 16.0 Å². The Morgan fingerprint density at radius 2 is 1.88 bits per heavy atom. The summed E-state index contributed by atoms with van der Waals surface area (Å²) in [5.41, 5.74) is 9.57. The summed E-state index contributed by atoms with van der Waals surface area (Å²) in [4.78, 5) is 38.0. The Morgan fingerprint density at radius 1 is 1.10 bits per heavy atom. The third-order valence-electron chi connectivity index (χ3n) is 7.68. The summed E-state index contributed by atoms with van der Waals surface area (Å²) in [5.74, 6) is 0.573. The Morgan fingerprint density at radius 3 is 2.62 bits per heavy atom. The first-order valence-corrected chi connectivity index (χ1v) is 14.0. The summed E-state index contributed by atoms with van der Waals surface area (Å²) in [6, 6.07) is 16.7. The number of nitrogens with two attached hydrogens (primary N) is 1. The molecule has 11 nitrogen and oxygen atoms in total. The zero-order chi connectivity index (χ0) is 29.4. The van der Waals surface area contributed by atoms with Crippen molar-refractivity contribution in [2.24, 2.45) is 7.05 Å². The molecule has 2 aromatic carbocycles. The highest BCUT2D eigenvalue weighted by Crippen LogP contribution is 2.28. The number of nitrogens with zero attached hydrogens (tertiary/aromatic N) is 7. The molecule has 1 saturated heterocycles. The molecule has 5 aromatic rings. The van der Waals surface area contributed by atoms with E-state index in [1.54, 1.807) is 60.0 Å². The molecule has 0 spiro atoms. The second-order valence-corrected chi connectivity index (χ2v) is 10.7. The lowest BCUT2D eigenvalue weighted by Crippen LogP contribution is -2.46. The molecular weight excluding hydrogens is 554 g/mol. The minimum absolute atomic E-state index is 0.107. The third-order valence-corrected chi connectivity index (χ3v) is 8.00. The molecule has 1 fully saturated rings. The largest absolute Gasteiger partial charge is 0.381 e. The molecule has 1 aliphatic heterocycles. The standard InChI is InChI=1S/C30H30ClN9O2/c1-19-26(30(42)40(37(19)2)25-10-4-3-9-23(25)31)29(41)35-21-11-15-38(16-12-21)28-27(32)33-18-24(36-28)20-7-5-8-22(17-20)39-14-6-13-34-39/h3-10,13-14,17-18,21H,11-12,15-16H2,1-2H3,(H2,32,33)(H,35,41). The maximum atomic E-state index is 13.3. The number of hydrogen-bond donors (Lipinski definition) is 2. The van der Waals surface area contributed by atoms with E-state index in [9.17, 15) is 9.59 Å². The first kappa shape index (κ1) is 27.3. The number of amides is 1. The van der Waals surface area contributed by atoms with Crippen molar-refractivity contribution in [1.82, 2.24) is 34.4 Å². The lowest BCUT2D eigenvalue weighted by atomic mass is 10.0. The number of carbonyl (C=O) groups is 1. The average molecular weight is 584 g/mol. The molecular formula is C30H30ClN9O2. The van der Waals surface area contributed by atoms with E-state index < -0.39 is 11.5 Å². The van der Waals surface area contributed by atoms with Gasteiger partial charge in [0, 0.05) is 44.1 Å².